The number of hydrogen-bond donors (Lipinski definition) is 2. The minimum atomic E-state index is -4.28. The van der Waals surface area contributed by atoms with Crippen molar-refractivity contribution in [2.45, 2.75) is 16.7 Å². The maximum absolute atomic E-state index is 13.4. The fourth-order valence-electron chi connectivity index (χ4n) is 3.10. The summed E-state index contributed by atoms with van der Waals surface area (Å²) in [7, 11) is -0.584. The van der Waals surface area contributed by atoms with Crippen molar-refractivity contribution in [2.24, 2.45) is 0 Å². The molecule has 0 saturated carbocycles. The van der Waals surface area contributed by atoms with E-state index in [9.17, 15) is 18.5 Å². The Hall–Kier alpha value is -3.03. The van der Waals surface area contributed by atoms with Crippen molar-refractivity contribution >= 4 is 63.1 Å². The van der Waals surface area contributed by atoms with Gasteiger partial charge in [-0.05, 0) is 48.9 Å². The van der Waals surface area contributed by atoms with Crippen molar-refractivity contribution in [2.75, 3.05) is 19.0 Å². The van der Waals surface area contributed by atoms with Gasteiger partial charge in [-0.1, -0.05) is 23.2 Å². The summed E-state index contributed by atoms with van der Waals surface area (Å²) in [5.41, 5.74) is 1.11. The third-order valence-corrected chi connectivity index (χ3v) is 7.59. The van der Waals surface area contributed by atoms with E-state index < -0.39 is 21.4 Å². The second kappa shape index (κ2) is 10.7. The summed E-state index contributed by atoms with van der Waals surface area (Å²) in [6.07, 6.45) is 3.10. The van der Waals surface area contributed by atoms with Crippen LogP contribution >= 0.6 is 35.8 Å². The number of anilines is 1. The van der Waals surface area contributed by atoms with Crippen LogP contribution in [0.15, 0.2) is 76.3 Å². The average molecular weight is 548 g/mol. The van der Waals surface area contributed by atoms with Crippen LogP contribution in [-0.2, 0) is 10.0 Å². The van der Waals surface area contributed by atoms with Gasteiger partial charge in [0, 0.05) is 52.4 Å². The largest absolute Gasteiger partial charge is 0.377 e. The summed E-state index contributed by atoms with van der Waals surface area (Å²) in [4.78, 5) is 15.1. The number of rotatable bonds is 7. The third kappa shape index (κ3) is 5.97. The minimum absolute atomic E-state index is 0.114. The summed E-state index contributed by atoms with van der Waals surface area (Å²) >= 11 is 16.3. The standard InChI is InChI=1S/C24H20Cl2N4O3S2/c1-15-12-22(21(34)13-20(15)26)35(32,33)28-24(30-10-8-18(9-11-30)29(2)3)19(14-27)23(31)16-4-6-17(25)7-5-16/h4-13H,1-3H3,(H-,28,31,34)/p+1. The zero-order valence-electron chi connectivity index (χ0n) is 19.0. The molecule has 0 amide bonds. The normalized spacial score (nSPS) is 11.9. The molecular weight excluding hydrogens is 527 g/mol. The number of halogens is 2. The molecule has 0 aliphatic rings. The van der Waals surface area contributed by atoms with Gasteiger partial charge in [-0.3, -0.25) is 4.79 Å². The lowest BCUT2D eigenvalue weighted by Gasteiger charge is -2.13. The molecule has 0 aliphatic heterocycles. The molecular formula is C24H21Cl2N4O3S2+. The van der Waals surface area contributed by atoms with Gasteiger partial charge in [0.2, 0.25) is 5.78 Å². The molecule has 180 valence electrons. The van der Waals surface area contributed by atoms with Gasteiger partial charge in [-0.2, -0.15) is 18.4 Å². The fraction of sp³-hybridized carbons (Fsp3) is 0.125. The van der Waals surface area contributed by atoms with E-state index in [1.807, 2.05) is 25.1 Å². The Morgan fingerprint density at radius 2 is 1.69 bits per heavy atom. The predicted molar refractivity (Wildman–Crippen MR) is 139 cm³/mol. The number of thiol groups is 1. The highest BCUT2D eigenvalue weighted by molar-refractivity contribution is 7.90. The number of hydrogen-bond acceptors (Lipinski definition) is 6. The number of nitrogens with zero attached hydrogens (tertiary/aromatic N) is 3. The highest BCUT2D eigenvalue weighted by Crippen LogP contribution is 2.27. The number of nitrogens with one attached hydrogen (secondary N) is 1. The fourth-order valence-corrected chi connectivity index (χ4v) is 5.26. The second-order valence-corrected chi connectivity index (χ2v) is 10.7. The zero-order chi connectivity index (χ0) is 25.9. The Balaban J connectivity index is 2.21. The van der Waals surface area contributed by atoms with E-state index in [0.717, 1.165) is 5.69 Å². The first-order chi connectivity index (χ1) is 16.4. The van der Waals surface area contributed by atoms with Gasteiger partial charge in [-0.25, -0.2) is 4.57 Å². The molecule has 1 N–H and O–H groups in total. The van der Waals surface area contributed by atoms with Crippen LogP contribution in [0.4, 0.5) is 5.69 Å². The molecule has 0 spiro atoms. The van der Waals surface area contributed by atoms with Crippen molar-refractivity contribution in [3.05, 3.63) is 87.7 Å². The van der Waals surface area contributed by atoms with Gasteiger partial charge >= 0.3 is 15.8 Å². The monoisotopic (exact) mass is 547 g/mol. The first-order valence-electron chi connectivity index (χ1n) is 10.1. The van der Waals surface area contributed by atoms with Crippen LogP contribution in [0.5, 0.6) is 0 Å². The van der Waals surface area contributed by atoms with Crippen LogP contribution in [0, 0.1) is 18.3 Å². The van der Waals surface area contributed by atoms with Crippen molar-refractivity contribution in [1.82, 2.24) is 4.72 Å². The van der Waals surface area contributed by atoms with Crippen LogP contribution in [-0.4, -0.2) is 28.3 Å². The number of aromatic nitrogens is 1. The lowest BCUT2D eigenvalue weighted by molar-refractivity contribution is -0.584. The van der Waals surface area contributed by atoms with Crippen molar-refractivity contribution in [3.8, 4) is 6.07 Å². The number of pyridine rings is 1. The Labute approximate surface area is 219 Å². The van der Waals surface area contributed by atoms with E-state index in [1.54, 1.807) is 31.5 Å². The highest BCUT2D eigenvalue weighted by atomic mass is 35.5. The molecule has 11 heteroatoms. The van der Waals surface area contributed by atoms with Gasteiger partial charge in [0.05, 0.1) is 12.4 Å². The van der Waals surface area contributed by atoms with Gasteiger partial charge in [-0.15, -0.1) is 12.6 Å². The molecule has 3 rings (SSSR count). The van der Waals surface area contributed by atoms with Crippen LogP contribution in [0.1, 0.15) is 15.9 Å². The quantitative estimate of drug-likeness (QED) is 0.149. The van der Waals surface area contributed by atoms with Crippen molar-refractivity contribution in [1.29, 1.82) is 5.26 Å². The lowest BCUT2D eigenvalue weighted by Crippen LogP contribution is -2.43. The number of carbonyl (C=O) groups excluding carboxylic acids is 1. The SMILES string of the molecule is Cc1cc(S(=O)(=O)NC(=C(C#N)C(=O)c2ccc(Cl)cc2)[n+]2ccc(N(C)C)cc2)c(S)cc1Cl. The van der Waals surface area contributed by atoms with Crippen molar-refractivity contribution in [3.63, 3.8) is 0 Å². The predicted octanol–water partition coefficient (Wildman–Crippen LogP) is 4.50. The molecule has 0 saturated heterocycles. The zero-order valence-corrected chi connectivity index (χ0v) is 22.2. The van der Waals surface area contributed by atoms with Gasteiger partial charge in [0.15, 0.2) is 5.57 Å². The van der Waals surface area contributed by atoms with Crippen molar-refractivity contribution < 1.29 is 17.8 Å². The number of ketones is 1. The molecule has 1 aromatic heterocycles. The van der Waals surface area contributed by atoms with E-state index in [-0.39, 0.29) is 21.2 Å². The minimum Gasteiger partial charge on any atom is -0.377 e. The Morgan fingerprint density at radius 3 is 2.23 bits per heavy atom. The summed E-state index contributed by atoms with van der Waals surface area (Å²) < 4.78 is 30.6. The molecule has 1 heterocycles. The molecule has 0 aliphatic carbocycles. The summed E-state index contributed by atoms with van der Waals surface area (Å²) in [5, 5.41) is 10.7. The molecule has 0 bridgehead atoms. The number of aryl methyl sites for hydroxylation is 1. The summed E-state index contributed by atoms with van der Waals surface area (Å²) in [5.74, 6) is -0.914. The van der Waals surface area contributed by atoms with Crippen LogP contribution < -0.4 is 14.2 Å². The van der Waals surface area contributed by atoms with E-state index in [1.165, 1.54) is 41.0 Å². The van der Waals surface area contributed by atoms with Gasteiger partial charge in [0.1, 0.15) is 11.0 Å². The molecule has 0 radical (unpaired) electrons. The highest BCUT2D eigenvalue weighted by Gasteiger charge is 2.32. The summed E-state index contributed by atoms with van der Waals surface area (Å²) in [6.45, 7) is 1.66. The second-order valence-electron chi connectivity index (χ2n) is 7.70. The van der Waals surface area contributed by atoms with E-state index in [0.29, 0.717) is 15.6 Å². The number of nitriles is 1. The molecule has 0 fully saturated rings. The van der Waals surface area contributed by atoms with Crippen LogP contribution in [0.2, 0.25) is 10.0 Å². The Morgan fingerprint density at radius 1 is 1.09 bits per heavy atom. The Bertz CT molecular complexity index is 1460. The number of Topliss-reactive ketones (excluding diaryl/α,β-unsaturated/α-hetero) is 1. The molecule has 35 heavy (non-hydrogen) atoms. The number of sulfonamides is 1. The molecule has 0 unspecified atom stereocenters. The first-order valence-corrected chi connectivity index (χ1v) is 12.8. The van der Waals surface area contributed by atoms with E-state index in [4.69, 9.17) is 23.2 Å². The molecule has 7 nitrogen and oxygen atoms in total. The number of allylic oxidation sites excluding steroid dienone is 1. The number of carbonyl (C=O) groups is 1. The van der Waals surface area contributed by atoms with E-state index >= 15 is 0 Å². The first kappa shape index (κ1) is 26.6. The smallest absolute Gasteiger partial charge is 0.330 e. The van der Waals surface area contributed by atoms with Gasteiger partial charge < -0.3 is 4.90 Å². The Kier molecular flexibility index (Phi) is 8.13. The van der Waals surface area contributed by atoms with E-state index in [2.05, 4.69) is 17.4 Å². The molecule has 3 aromatic rings. The van der Waals surface area contributed by atoms with Crippen LogP contribution in [0.25, 0.3) is 5.82 Å². The third-order valence-electron chi connectivity index (χ3n) is 5.03. The van der Waals surface area contributed by atoms with Crippen LogP contribution in [0.3, 0.4) is 0 Å². The average Bonchev–Trinajstić information content (AvgIpc) is 2.81. The lowest BCUT2D eigenvalue weighted by atomic mass is 10.0. The maximum atomic E-state index is 13.4. The maximum Gasteiger partial charge on any atom is 0.330 e. The molecule has 2 aromatic carbocycles. The number of benzene rings is 2. The van der Waals surface area contributed by atoms with Gasteiger partial charge in [0.25, 0.3) is 0 Å². The summed E-state index contributed by atoms with van der Waals surface area (Å²) in [6, 6.07) is 14.0. The topological polar surface area (TPSA) is 94.1 Å². The molecule has 0 atom stereocenters.